The summed E-state index contributed by atoms with van der Waals surface area (Å²) in [6.07, 6.45) is -0.923. The predicted molar refractivity (Wildman–Crippen MR) is 69.0 cm³/mol. The van der Waals surface area contributed by atoms with Gasteiger partial charge >= 0.3 is 6.09 Å². The smallest absolute Gasteiger partial charge is 0.407 e. The van der Waals surface area contributed by atoms with Gasteiger partial charge in [-0.25, -0.2) is 9.78 Å². The van der Waals surface area contributed by atoms with Crippen molar-refractivity contribution < 1.29 is 9.90 Å². The fourth-order valence-corrected chi connectivity index (χ4v) is 2.89. The Bertz CT molecular complexity index is 635. The van der Waals surface area contributed by atoms with Gasteiger partial charge in [-0.1, -0.05) is 0 Å². The normalized spacial score (nSPS) is 18.4. The van der Waals surface area contributed by atoms with Gasteiger partial charge in [-0.2, -0.15) is 0 Å². The van der Waals surface area contributed by atoms with E-state index >= 15 is 0 Å². The third-order valence-corrected chi connectivity index (χ3v) is 4.05. The average Bonchev–Trinajstić information content (AvgIpc) is 2.95. The molecule has 3 heterocycles. The number of amides is 1. The summed E-state index contributed by atoms with van der Waals surface area (Å²) in [5.41, 5.74) is 0.803. The number of hydrogen-bond acceptors (Lipinski definition) is 5. The predicted octanol–water partition coefficient (Wildman–Crippen LogP) is 1.76. The minimum absolute atomic E-state index is 0.285. The summed E-state index contributed by atoms with van der Waals surface area (Å²) < 4.78 is 1.96. The Balaban J connectivity index is 2.01. The summed E-state index contributed by atoms with van der Waals surface area (Å²) in [6, 6.07) is -0.285. The monoisotopic (exact) mass is 279 g/mol. The van der Waals surface area contributed by atoms with Crippen molar-refractivity contribution in [1.29, 1.82) is 0 Å². The van der Waals surface area contributed by atoms with E-state index in [0.717, 1.165) is 16.5 Å². The van der Waals surface area contributed by atoms with Crippen molar-refractivity contribution in [2.45, 2.75) is 26.4 Å². The van der Waals surface area contributed by atoms with Crippen LogP contribution in [0.3, 0.4) is 0 Å². The molecule has 7 nitrogen and oxygen atoms in total. The second-order valence-corrected chi connectivity index (χ2v) is 5.50. The summed E-state index contributed by atoms with van der Waals surface area (Å²) in [4.78, 5) is 16.9. The van der Waals surface area contributed by atoms with Gasteiger partial charge in [0.2, 0.25) is 0 Å². The van der Waals surface area contributed by atoms with Crippen molar-refractivity contribution in [2.75, 3.05) is 6.54 Å². The molecule has 1 aliphatic heterocycles. The van der Waals surface area contributed by atoms with Gasteiger partial charge in [0, 0.05) is 18.5 Å². The van der Waals surface area contributed by atoms with Gasteiger partial charge in [0.25, 0.3) is 0 Å². The Morgan fingerprint density at radius 1 is 1.47 bits per heavy atom. The van der Waals surface area contributed by atoms with Crippen LogP contribution < -0.4 is 0 Å². The third-order valence-electron chi connectivity index (χ3n) is 3.28. The van der Waals surface area contributed by atoms with Gasteiger partial charge in [0.15, 0.2) is 11.6 Å². The second-order valence-electron chi connectivity index (χ2n) is 4.44. The Kier molecular flexibility index (Phi) is 2.74. The Hall–Kier alpha value is -1.96. The lowest BCUT2D eigenvalue weighted by Crippen LogP contribution is -2.40. The summed E-state index contributed by atoms with van der Waals surface area (Å²) in [7, 11) is 0. The van der Waals surface area contributed by atoms with Gasteiger partial charge in [0.05, 0.1) is 11.0 Å². The molecule has 1 atom stereocenters. The molecule has 19 heavy (non-hydrogen) atoms. The molecule has 0 spiro atoms. The quantitative estimate of drug-likeness (QED) is 0.860. The van der Waals surface area contributed by atoms with Crippen molar-refractivity contribution in [2.24, 2.45) is 0 Å². The molecule has 1 unspecified atom stereocenters. The van der Waals surface area contributed by atoms with E-state index in [0.29, 0.717) is 18.9 Å². The summed E-state index contributed by atoms with van der Waals surface area (Å²) in [5, 5.41) is 20.3. The molecular formula is C11H13N5O2S. The van der Waals surface area contributed by atoms with E-state index in [4.69, 9.17) is 5.11 Å². The van der Waals surface area contributed by atoms with E-state index < -0.39 is 6.09 Å². The van der Waals surface area contributed by atoms with E-state index in [-0.39, 0.29) is 6.04 Å². The van der Waals surface area contributed by atoms with Crippen molar-refractivity contribution in [3.8, 4) is 11.5 Å². The van der Waals surface area contributed by atoms with Gasteiger partial charge < -0.3 is 9.67 Å². The molecule has 1 N–H and O–H groups in total. The van der Waals surface area contributed by atoms with Crippen LogP contribution in [0.5, 0.6) is 0 Å². The number of thiazole rings is 1. The molecule has 1 amide bonds. The highest BCUT2D eigenvalue weighted by Gasteiger charge is 2.31. The molecule has 3 rings (SSSR count). The third kappa shape index (κ3) is 1.88. The number of nitrogens with zero attached hydrogens (tertiary/aromatic N) is 5. The van der Waals surface area contributed by atoms with Crippen LogP contribution in [0.15, 0.2) is 5.38 Å². The minimum atomic E-state index is -0.923. The number of carbonyl (C=O) groups is 1. The lowest BCUT2D eigenvalue weighted by Gasteiger charge is -2.31. The van der Waals surface area contributed by atoms with Crippen LogP contribution in [0.4, 0.5) is 4.79 Å². The molecule has 0 aliphatic carbocycles. The van der Waals surface area contributed by atoms with E-state index in [2.05, 4.69) is 15.2 Å². The average molecular weight is 279 g/mol. The van der Waals surface area contributed by atoms with Gasteiger partial charge in [-0.05, 0) is 13.8 Å². The molecule has 1 aliphatic rings. The molecule has 0 saturated heterocycles. The largest absolute Gasteiger partial charge is 0.465 e. The van der Waals surface area contributed by atoms with Crippen LogP contribution in [-0.2, 0) is 6.54 Å². The first-order chi connectivity index (χ1) is 9.08. The fourth-order valence-electron chi connectivity index (χ4n) is 2.30. The van der Waals surface area contributed by atoms with E-state index in [1.165, 1.54) is 4.90 Å². The van der Waals surface area contributed by atoms with Crippen LogP contribution >= 0.6 is 11.3 Å². The van der Waals surface area contributed by atoms with Crippen LogP contribution in [0.1, 0.15) is 23.8 Å². The molecule has 2 aromatic rings. The molecule has 0 bridgehead atoms. The first-order valence-corrected chi connectivity index (χ1v) is 6.81. The zero-order valence-electron chi connectivity index (χ0n) is 10.6. The SMILES string of the molecule is Cc1nc(-c2nnc3n2CCN(C(=O)O)C3C)cs1. The first-order valence-electron chi connectivity index (χ1n) is 5.93. The first kappa shape index (κ1) is 12.1. The Morgan fingerprint density at radius 2 is 2.26 bits per heavy atom. The van der Waals surface area contributed by atoms with E-state index in [1.807, 2.05) is 23.8 Å². The summed E-state index contributed by atoms with van der Waals surface area (Å²) in [6.45, 7) is 4.77. The maximum absolute atomic E-state index is 11.1. The van der Waals surface area contributed by atoms with Gasteiger partial charge in [-0.3, -0.25) is 4.90 Å². The maximum Gasteiger partial charge on any atom is 0.407 e. The molecule has 0 radical (unpaired) electrons. The van der Waals surface area contributed by atoms with Crippen LogP contribution in [0.2, 0.25) is 0 Å². The maximum atomic E-state index is 11.1. The number of fused-ring (bicyclic) bond motifs is 1. The van der Waals surface area contributed by atoms with Crippen molar-refractivity contribution in [3.05, 3.63) is 16.2 Å². The zero-order valence-corrected chi connectivity index (χ0v) is 11.4. The Morgan fingerprint density at radius 3 is 2.89 bits per heavy atom. The summed E-state index contributed by atoms with van der Waals surface area (Å²) >= 11 is 1.56. The summed E-state index contributed by atoms with van der Waals surface area (Å²) in [5.74, 6) is 1.39. The van der Waals surface area contributed by atoms with Crippen LogP contribution in [0.25, 0.3) is 11.5 Å². The number of carboxylic acid groups (broad SMARTS) is 1. The lowest BCUT2D eigenvalue weighted by molar-refractivity contribution is 0.113. The van der Waals surface area contributed by atoms with Crippen molar-refractivity contribution in [3.63, 3.8) is 0 Å². The highest BCUT2D eigenvalue weighted by Crippen LogP contribution is 2.28. The molecule has 100 valence electrons. The molecular weight excluding hydrogens is 266 g/mol. The highest BCUT2D eigenvalue weighted by atomic mass is 32.1. The van der Waals surface area contributed by atoms with Crippen LogP contribution in [0, 0.1) is 6.92 Å². The molecule has 0 saturated carbocycles. The molecule has 8 heteroatoms. The number of rotatable bonds is 1. The number of aromatic nitrogens is 4. The van der Waals surface area contributed by atoms with Crippen molar-refractivity contribution >= 4 is 17.4 Å². The molecule has 0 fully saturated rings. The zero-order chi connectivity index (χ0) is 13.6. The minimum Gasteiger partial charge on any atom is -0.465 e. The van der Waals surface area contributed by atoms with Crippen LogP contribution in [-0.4, -0.2) is 42.4 Å². The molecule has 2 aromatic heterocycles. The number of aryl methyl sites for hydroxylation is 1. The van der Waals surface area contributed by atoms with Gasteiger partial charge in [-0.15, -0.1) is 21.5 Å². The number of hydrogen-bond donors (Lipinski definition) is 1. The topological polar surface area (TPSA) is 84.1 Å². The van der Waals surface area contributed by atoms with Crippen molar-refractivity contribution in [1.82, 2.24) is 24.6 Å². The Labute approximate surface area is 113 Å². The fraction of sp³-hybridized carbons (Fsp3) is 0.455. The van der Waals surface area contributed by atoms with Gasteiger partial charge in [0.1, 0.15) is 5.69 Å². The highest BCUT2D eigenvalue weighted by molar-refractivity contribution is 7.09. The van der Waals surface area contributed by atoms with E-state index in [1.54, 1.807) is 11.3 Å². The lowest BCUT2D eigenvalue weighted by atomic mass is 10.2. The second kappa shape index (κ2) is 4.30. The van der Waals surface area contributed by atoms with E-state index in [9.17, 15) is 4.79 Å². The molecule has 0 aromatic carbocycles. The standard InChI is InChI=1S/C11H13N5O2S/c1-6-9-13-14-10(8-5-19-7(2)12-8)16(9)4-3-15(6)11(17)18/h5-6H,3-4H2,1-2H3,(H,17,18).